The maximum Gasteiger partial charge on any atom is 0.251 e. The Labute approximate surface area is 165 Å². The van der Waals surface area contributed by atoms with Crippen LogP contribution in [0.15, 0.2) is 53.4 Å². The minimum absolute atomic E-state index is 0.193. The van der Waals surface area contributed by atoms with Crippen LogP contribution in [0.3, 0.4) is 0 Å². The molecular weight excluding hydrogens is 385 g/mol. The highest BCUT2D eigenvalue weighted by Crippen LogP contribution is 2.19. The lowest BCUT2D eigenvalue weighted by Crippen LogP contribution is -2.46. The highest BCUT2D eigenvalue weighted by molar-refractivity contribution is 7.97. The van der Waals surface area contributed by atoms with Crippen molar-refractivity contribution in [2.45, 2.75) is 17.0 Å². The van der Waals surface area contributed by atoms with Gasteiger partial charge in [-0.3, -0.25) is 14.3 Å². The Morgan fingerprint density at radius 3 is 2.39 bits per heavy atom. The van der Waals surface area contributed by atoms with Crippen molar-refractivity contribution in [3.8, 4) is 0 Å². The summed E-state index contributed by atoms with van der Waals surface area (Å²) >= 11 is 1.48. The monoisotopic (exact) mass is 405 g/mol. The van der Waals surface area contributed by atoms with Crippen molar-refractivity contribution in [2.75, 3.05) is 25.1 Å². The van der Waals surface area contributed by atoms with Crippen LogP contribution in [0.5, 0.6) is 0 Å². The van der Waals surface area contributed by atoms with E-state index in [4.69, 9.17) is 4.74 Å². The molecule has 0 saturated carbocycles. The van der Waals surface area contributed by atoms with E-state index in [-0.39, 0.29) is 5.56 Å². The Kier molecular flexibility index (Phi) is 6.99. The zero-order valence-corrected chi connectivity index (χ0v) is 15.7. The predicted molar refractivity (Wildman–Crippen MR) is 103 cm³/mol. The second-order valence-electron chi connectivity index (χ2n) is 6.18. The predicted octanol–water partition coefficient (Wildman–Crippen LogP) is 1.55. The molecule has 2 aromatic carbocycles. The van der Waals surface area contributed by atoms with Crippen LogP contribution in [0, 0.1) is 5.82 Å². The van der Waals surface area contributed by atoms with Gasteiger partial charge >= 0.3 is 0 Å². The molecule has 3 rings (SSSR count). The highest BCUT2D eigenvalue weighted by atomic mass is 32.2. The van der Waals surface area contributed by atoms with E-state index >= 15 is 0 Å². The lowest BCUT2D eigenvalue weighted by Gasteiger charge is -2.26. The van der Waals surface area contributed by atoms with Crippen LogP contribution in [0.25, 0.3) is 0 Å². The Morgan fingerprint density at radius 1 is 1.14 bits per heavy atom. The second kappa shape index (κ2) is 9.65. The van der Waals surface area contributed by atoms with Gasteiger partial charge in [-0.1, -0.05) is 0 Å². The van der Waals surface area contributed by atoms with E-state index in [1.54, 1.807) is 12.1 Å². The third-order valence-electron chi connectivity index (χ3n) is 4.01. The van der Waals surface area contributed by atoms with Crippen molar-refractivity contribution in [1.82, 2.24) is 10.0 Å². The molecule has 9 heteroatoms. The van der Waals surface area contributed by atoms with Crippen molar-refractivity contribution in [2.24, 2.45) is 0 Å². The topological polar surface area (TPSA) is 99.7 Å². The van der Waals surface area contributed by atoms with E-state index in [0.29, 0.717) is 24.9 Å². The molecule has 1 aliphatic rings. The van der Waals surface area contributed by atoms with Crippen LogP contribution < -0.4 is 15.4 Å². The molecule has 0 aliphatic carbocycles. The quantitative estimate of drug-likeness (QED) is 0.498. The number of aliphatic hydroxyl groups is 1. The average molecular weight is 405 g/mol. The molecule has 2 amide bonds. The number of ether oxygens (including phenoxy) is 1. The fourth-order valence-electron chi connectivity index (χ4n) is 2.33. The fourth-order valence-corrected chi connectivity index (χ4v) is 3.04. The third-order valence-corrected chi connectivity index (χ3v) is 4.97. The van der Waals surface area contributed by atoms with Crippen LogP contribution >= 0.6 is 11.9 Å². The number of benzene rings is 2. The Bertz CT molecular complexity index is 813. The molecule has 148 valence electrons. The molecule has 0 radical (unpaired) electrons. The van der Waals surface area contributed by atoms with E-state index < -0.39 is 30.3 Å². The first-order valence-electron chi connectivity index (χ1n) is 8.63. The first-order chi connectivity index (χ1) is 13.5. The van der Waals surface area contributed by atoms with Crippen LogP contribution in [0.4, 0.5) is 10.1 Å². The molecule has 1 unspecified atom stereocenters. The largest absolute Gasteiger partial charge is 0.394 e. The van der Waals surface area contributed by atoms with Crippen LogP contribution in [-0.4, -0.2) is 48.8 Å². The van der Waals surface area contributed by atoms with Gasteiger partial charge in [-0.05, 0) is 60.5 Å². The van der Waals surface area contributed by atoms with Crippen molar-refractivity contribution in [1.29, 1.82) is 0 Å². The summed E-state index contributed by atoms with van der Waals surface area (Å²) in [5, 5.41) is 14.5. The van der Waals surface area contributed by atoms with Gasteiger partial charge in [-0.25, -0.2) is 4.39 Å². The van der Waals surface area contributed by atoms with Gasteiger partial charge in [0.15, 0.2) is 0 Å². The van der Waals surface area contributed by atoms with Crippen molar-refractivity contribution < 1.29 is 23.8 Å². The second-order valence-corrected chi connectivity index (χ2v) is 7.09. The van der Waals surface area contributed by atoms with Crippen molar-refractivity contribution >= 4 is 29.4 Å². The zero-order valence-electron chi connectivity index (χ0n) is 14.9. The van der Waals surface area contributed by atoms with E-state index in [2.05, 4.69) is 15.4 Å². The normalized spacial score (nSPS) is 14.8. The zero-order chi connectivity index (χ0) is 19.9. The number of rotatable bonds is 8. The summed E-state index contributed by atoms with van der Waals surface area (Å²) in [6.07, 6.45) is 0. The summed E-state index contributed by atoms with van der Waals surface area (Å²) in [7, 11) is 0. The third kappa shape index (κ3) is 5.52. The number of hydrogen-bond donors (Lipinski definition) is 4. The van der Waals surface area contributed by atoms with Gasteiger partial charge in [0.05, 0.1) is 25.9 Å². The number of aliphatic hydroxyl groups excluding tert-OH is 1. The Morgan fingerprint density at radius 2 is 1.82 bits per heavy atom. The van der Waals surface area contributed by atoms with Crippen molar-refractivity contribution in [3.05, 3.63) is 59.9 Å². The molecule has 1 atom stereocenters. The molecule has 0 bridgehead atoms. The Hall–Kier alpha value is -2.46. The average Bonchev–Trinajstić information content (AvgIpc) is 2.66. The molecule has 28 heavy (non-hydrogen) atoms. The van der Waals surface area contributed by atoms with Gasteiger partial charge < -0.3 is 20.5 Å². The molecule has 4 N–H and O–H groups in total. The summed E-state index contributed by atoms with van der Waals surface area (Å²) in [5.41, 5.74) is 0.731. The van der Waals surface area contributed by atoms with Crippen LogP contribution in [-0.2, 0) is 9.53 Å². The van der Waals surface area contributed by atoms with Crippen LogP contribution in [0.2, 0.25) is 0 Å². The smallest absolute Gasteiger partial charge is 0.251 e. The minimum atomic E-state index is -1.13. The molecule has 1 fully saturated rings. The SMILES string of the molecule is O=C(NC(CO)C(=O)Nc1ccc(SNC2COC2)cc1)c1ccc(F)cc1. The standard InChI is InChI=1S/C19H20FN3O4S/c20-13-3-1-12(2-4-13)18(25)22-17(9-24)19(26)21-14-5-7-16(8-6-14)28-23-15-10-27-11-15/h1-8,15,17,23-24H,9-11H2,(H,21,26)(H,22,25). The highest BCUT2D eigenvalue weighted by Gasteiger charge is 2.21. The molecular formula is C19H20FN3O4S. The molecule has 7 nitrogen and oxygen atoms in total. The van der Waals surface area contributed by atoms with Crippen LogP contribution in [0.1, 0.15) is 10.4 Å². The lowest BCUT2D eigenvalue weighted by atomic mass is 10.2. The molecule has 1 saturated heterocycles. The number of carbonyl (C=O) groups is 2. The number of carbonyl (C=O) groups excluding carboxylic acids is 2. The molecule has 1 aliphatic heterocycles. The van der Waals surface area contributed by atoms with Gasteiger partial charge in [0, 0.05) is 16.1 Å². The molecule has 0 spiro atoms. The maximum absolute atomic E-state index is 12.9. The fraction of sp³-hybridized carbons (Fsp3) is 0.263. The molecule has 2 aromatic rings. The first-order valence-corrected chi connectivity index (χ1v) is 9.45. The summed E-state index contributed by atoms with van der Waals surface area (Å²) in [6.45, 7) is 0.834. The maximum atomic E-state index is 12.9. The van der Waals surface area contributed by atoms with Crippen molar-refractivity contribution in [3.63, 3.8) is 0 Å². The number of halogens is 1. The van der Waals surface area contributed by atoms with Gasteiger partial charge in [0.1, 0.15) is 11.9 Å². The summed E-state index contributed by atoms with van der Waals surface area (Å²) in [4.78, 5) is 25.5. The van der Waals surface area contributed by atoms with Gasteiger partial charge in [0.25, 0.3) is 5.91 Å². The number of anilines is 1. The summed E-state index contributed by atoms with van der Waals surface area (Å²) < 4.78 is 21.3. The van der Waals surface area contributed by atoms with E-state index in [1.807, 2.05) is 12.1 Å². The summed E-state index contributed by atoms with van der Waals surface area (Å²) in [5.74, 6) is -1.60. The summed E-state index contributed by atoms with van der Waals surface area (Å²) in [6, 6.07) is 11.3. The molecule has 1 heterocycles. The number of nitrogens with one attached hydrogen (secondary N) is 3. The molecule has 0 aromatic heterocycles. The van der Waals surface area contributed by atoms with Gasteiger partial charge in [-0.15, -0.1) is 0 Å². The van der Waals surface area contributed by atoms with E-state index in [0.717, 1.165) is 17.0 Å². The number of amides is 2. The first kappa shape index (κ1) is 20.3. The Balaban J connectivity index is 1.52. The number of hydrogen-bond acceptors (Lipinski definition) is 6. The lowest BCUT2D eigenvalue weighted by molar-refractivity contribution is -0.118. The van der Waals surface area contributed by atoms with Gasteiger partial charge in [0.2, 0.25) is 5.91 Å². The van der Waals surface area contributed by atoms with E-state index in [1.165, 1.54) is 24.1 Å². The minimum Gasteiger partial charge on any atom is -0.394 e. The van der Waals surface area contributed by atoms with E-state index in [9.17, 15) is 19.1 Å². The van der Waals surface area contributed by atoms with Gasteiger partial charge in [-0.2, -0.15) is 0 Å².